The van der Waals surface area contributed by atoms with E-state index in [4.69, 9.17) is 4.74 Å². The van der Waals surface area contributed by atoms with Gasteiger partial charge in [0.2, 0.25) is 0 Å². The Bertz CT molecular complexity index is 776. The lowest BCUT2D eigenvalue weighted by molar-refractivity contribution is -0.384. The molecule has 8 heteroatoms. The largest absolute Gasteiger partial charge is 0.379 e. The lowest BCUT2D eigenvalue weighted by Gasteiger charge is -2.26. The van der Waals surface area contributed by atoms with Gasteiger partial charge in [-0.2, -0.15) is 0 Å². The van der Waals surface area contributed by atoms with Gasteiger partial charge >= 0.3 is 5.69 Å². The minimum Gasteiger partial charge on any atom is -0.379 e. The first-order chi connectivity index (χ1) is 12.7. The van der Waals surface area contributed by atoms with Crippen molar-refractivity contribution >= 4 is 11.6 Å². The molecule has 0 bridgehead atoms. The third-order valence-corrected chi connectivity index (χ3v) is 4.22. The van der Waals surface area contributed by atoms with Gasteiger partial charge in [-0.1, -0.05) is 30.3 Å². The second-order valence-corrected chi connectivity index (χ2v) is 5.89. The molecule has 1 saturated heterocycles. The number of aromatic nitrogens is 1. The van der Waals surface area contributed by atoms with Crippen LogP contribution in [0, 0.1) is 10.1 Å². The summed E-state index contributed by atoms with van der Waals surface area (Å²) in [5.74, 6) is -0.468. The van der Waals surface area contributed by atoms with E-state index in [1.54, 1.807) is 24.3 Å². The number of morpholine rings is 1. The average Bonchev–Trinajstić information content (AvgIpc) is 2.68. The molecule has 0 spiro atoms. The number of nitrogens with zero attached hydrogens (tertiary/aromatic N) is 3. The minimum absolute atomic E-state index is 0.0193. The number of nitrogens with one attached hydrogen (secondary N) is 1. The topological polar surface area (TPSA) is 97.6 Å². The normalized spacial score (nSPS) is 14.8. The maximum absolute atomic E-state index is 12.5. The molecule has 3 rings (SSSR count). The highest BCUT2D eigenvalue weighted by molar-refractivity contribution is 6.00. The van der Waals surface area contributed by atoms with Gasteiger partial charge in [0.05, 0.1) is 18.1 Å². The summed E-state index contributed by atoms with van der Waals surface area (Å²) in [6, 6.07) is 10.2. The van der Waals surface area contributed by atoms with Crippen molar-refractivity contribution < 1.29 is 14.5 Å². The molecule has 1 N–H and O–H groups in total. The van der Waals surface area contributed by atoms with Crippen molar-refractivity contribution in [2.45, 2.75) is 0 Å². The molecule has 2 aromatic rings. The van der Waals surface area contributed by atoms with Crippen LogP contribution < -0.4 is 5.32 Å². The number of rotatable bonds is 6. The third kappa shape index (κ3) is 4.22. The highest BCUT2D eigenvalue weighted by Crippen LogP contribution is 2.30. The minimum atomic E-state index is -0.549. The molecule has 0 aliphatic carbocycles. The van der Waals surface area contributed by atoms with Crippen LogP contribution in [0.4, 0.5) is 5.69 Å². The fourth-order valence-corrected chi connectivity index (χ4v) is 2.88. The third-order valence-electron chi connectivity index (χ3n) is 4.22. The SMILES string of the molecule is O=C(NCCN1CCOCC1)c1ccnc(-c2ccccc2)c1[N+](=O)[O-]. The molecule has 1 aliphatic rings. The molecule has 1 fully saturated rings. The van der Waals surface area contributed by atoms with Crippen LogP contribution in [0.25, 0.3) is 11.3 Å². The quantitative estimate of drug-likeness (QED) is 0.625. The number of amides is 1. The zero-order valence-electron chi connectivity index (χ0n) is 14.3. The van der Waals surface area contributed by atoms with Crippen molar-refractivity contribution in [2.75, 3.05) is 39.4 Å². The van der Waals surface area contributed by atoms with Crippen molar-refractivity contribution in [3.05, 3.63) is 58.3 Å². The molecule has 0 radical (unpaired) electrons. The Balaban J connectivity index is 1.76. The van der Waals surface area contributed by atoms with E-state index in [2.05, 4.69) is 15.2 Å². The lowest BCUT2D eigenvalue weighted by atomic mass is 10.1. The molecule has 1 aromatic heterocycles. The summed E-state index contributed by atoms with van der Waals surface area (Å²) < 4.78 is 5.28. The molecule has 0 unspecified atom stereocenters. The number of carbonyl (C=O) groups is 1. The van der Waals surface area contributed by atoms with E-state index in [0.717, 1.165) is 13.1 Å². The lowest BCUT2D eigenvalue weighted by Crippen LogP contribution is -2.41. The van der Waals surface area contributed by atoms with E-state index in [0.29, 0.717) is 31.9 Å². The first kappa shape index (κ1) is 18.0. The van der Waals surface area contributed by atoms with E-state index in [-0.39, 0.29) is 16.9 Å². The predicted octanol–water partition coefficient (Wildman–Crippen LogP) is 1.72. The van der Waals surface area contributed by atoms with E-state index in [1.807, 2.05) is 6.07 Å². The van der Waals surface area contributed by atoms with Gasteiger partial charge in [0, 0.05) is 37.9 Å². The molecule has 1 amide bonds. The second kappa shape index (κ2) is 8.50. The molecule has 0 atom stereocenters. The Kier molecular flexibility index (Phi) is 5.88. The fraction of sp³-hybridized carbons (Fsp3) is 0.333. The highest BCUT2D eigenvalue weighted by atomic mass is 16.6. The Labute approximate surface area is 150 Å². The molecule has 1 aliphatic heterocycles. The molecule has 136 valence electrons. The Morgan fingerprint density at radius 3 is 2.65 bits per heavy atom. The summed E-state index contributed by atoms with van der Waals surface area (Å²) in [6.07, 6.45) is 1.42. The summed E-state index contributed by atoms with van der Waals surface area (Å²) in [7, 11) is 0. The molecule has 8 nitrogen and oxygen atoms in total. The fourth-order valence-electron chi connectivity index (χ4n) is 2.88. The van der Waals surface area contributed by atoms with Crippen LogP contribution in [0.2, 0.25) is 0 Å². The van der Waals surface area contributed by atoms with E-state index in [9.17, 15) is 14.9 Å². The molecule has 2 heterocycles. The van der Waals surface area contributed by atoms with E-state index in [1.165, 1.54) is 12.3 Å². The Hall–Kier alpha value is -2.84. The standard InChI is InChI=1S/C18H20N4O4/c23-18(20-8-9-21-10-12-26-13-11-21)15-6-7-19-16(17(15)22(24)25)14-4-2-1-3-5-14/h1-7H,8-13H2,(H,20,23). The zero-order valence-corrected chi connectivity index (χ0v) is 14.3. The number of ether oxygens (including phenoxy) is 1. The Morgan fingerprint density at radius 2 is 1.96 bits per heavy atom. The first-order valence-corrected chi connectivity index (χ1v) is 8.44. The van der Waals surface area contributed by atoms with Crippen molar-refractivity contribution in [1.82, 2.24) is 15.2 Å². The molecule has 0 saturated carbocycles. The van der Waals surface area contributed by atoms with Crippen LogP contribution in [0.15, 0.2) is 42.6 Å². The number of benzene rings is 1. The smallest absolute Gasteiger partial charge is 0.308 e. The van der Waals surface area contributed by atoms with Crippen molar-refractivity contribution in [1.29, 1.82) is 0 Å². The maximum atomic E-state index is 12.5. The zero-order chi connectivity index (χ0) is 18.4. The summed E-state index contributed by atoms with van der Waals surface area (Å²) in [4.78, 5) is 29.9. The van der Waals surface area contributed by atoms with Crippen LogP contribution in [-0.4, -0.2) is 60.1 Å². The van der Waals surface area contributed by atoms with Crippen LogP contribution >= 0.6 is 0 Å². The number of hydrogen-bond donors (Lipinski definition) is 1. The van der Waals surface area contributed by atoms with Crippen molar-refractivity contribution in [3.63, 3.8) is 0 Å². The van der Waals surface area contributed by atoms with Crippen molar-refractivity contribution in [2.24, 2.45) is 0 Å². The maximum Gasteiger partial charge on any atom is 0.308 e. The first-order valence-electron chi connectivity index (χ1n) is 8.44. The van der Waals surface area contributed by atoms with Crippen LogP contribution in [0.5, 0.6) is 0 Å². The van der Waals surface area contributed by atoms with Gasteiger partial charge in [-0.3, -0.25) is 19.8 Å². The van der Waals surface area contributed by atoms with E-state index >= 15 is 0 Å². The number of nitro groups is 1. The number of pyridine rings is 1. The molecule has 1 aromatic carbocycles. The predicted molar refractivity (Wildman–Crippen MR) is 95.9 cm³/mol. The van der Waals surface area contributed by atoms with Gasteiger partial charge in [0.15, 0.2) is 0 Å². The molecular formula is C18H20N4O4. The number of carbonyl (C=O) groups excluding carboxylic acids is 1. The summed E-state index contributed by atoms with van der Waals surface area (Å²) in [5, 5.41) is 14.4. The van der Waals surface area contributed by atoms with Crippen LogP contribution in [0.3, 0.4) is 0 Å². The number of hydrogen-bond acceptors (Lipinski definition) is 6. The van der Waals surface area contributed by atoms with Gasteiger partial charge in [-0.25, -0.2) is 4.98 Å². The van der Waals surface area contributed by atoms with Gasteiger partial charge in [-0.05, 0) is 6.07 Å². The summed E-state index contributed by atoms with van der Waals surface area (Å²) >= 11 is 0. The van der Waals surface area contributed by atoms with Crippen LogP contribution in [0.1, 0.15) is 10.4 Å². The van der Waals surface area contributed by atoms with Gasteiger partial charge in [-0.15, -0.1) is 0 Å². The summed E-state index contributed by atoms with van der Waals surface area (Å²) in [6.45, 7) is 4.11. The highest BCUT2D eigenvalue weighted by Gasteiger charge is 2.26. The van der Waals surface area contributed by atoms with Crippen molar-refractivity contribution in [3.8, 4) is 11.3 Å². The van der Waals surface area contributed by atoms with Gasteiger partial charge < -0.3 is 10.1 Å². The van der Waals surface area contributed by atoms with Crippen LogP contribution in [-0.2, 0) is 4.74 Å². The van der Waals surface area contributed by atoms with Gasteiger partial charge in [0.1, 0.15) is 11.3 Å². The molecule has 26 heavy (non-hydrogen) atoms. The molecular weight excluding hydrogens is 336 g/mol. The second-order valence-electron chi connectivity index (χ2n) is 5.89. The average molecular weight is 356 g/mol. The Morgan fingerprint density at radius 1 is 1.23 bits per heavy atom. The van der Waals surface area contributed by atoms with Gasteiger partial charge in [0.25, 0.3) is 5.91 Å². The summed E-state index contributed by atoms with van der Waals surface area (Å²) in [5.41, 5.74) is 0.534. The van der Waals surface area contributed by atoms with E-state index < -0.39 is 10.8 Å². The monoisotopic (exact) mass is 356 g/mol.